The summed E-state index contributed by atoms with van der Waals surface area (Å²) in [6.45, 7) is 3.50. The van der Waals surface area contributed by atoms with Gasteiger partial charge in [-0.15, -0.1) is 0 Å². The molecule has 1 aliphatic heterocycles. The molecule has 0 aliphatic carbocycles. The lowest BCUT2D eigenvalue weighted by Gasteiger charge is -2.28. The third kappa shape index (κ3) is 2.65. The quantitative estimate of drug-likeness (QED) is 0.905. The summed E-state index contributed by atoms with van der Waals surface area (Å²) in [6, 6.07) is 0.887. The van der Waals surface area contributed by atoms with Gasteiger partial charge >= 0.3 is 5.97 Å². The minimum absolute atomic E-state index is 0.101. The van der Waals surface area contributed by atoms with Gasteiger partial charge in [0.1, 0.15) is 10.7 Å². The molecule has 21 heavy (non-hydrogen) atoms. The zero-order valence-electron chi connectivity index (χ0n) is 11.8. The molecule has 1 aliphatic rings. The number of pyridine rings is 1. The molecule has 0 aromatic carbocycles. The monoisotopic (exact) mass is 316 g/mol. The van der Waals surface area contributed by atoms with E-state index in [4.69, 9.17) is 0 Å². The minimum atomic E-state index is -3.93. The van der Waals surface area contributed by atoms with E-state index in [1.807, 2.05) is 0 Å². The Labute approximate surface area is 122 Å². The van der Waals surface area contributed by atoms with Gasteiger partial charge in [0.2, 0.25) is 10.0 Å². The molecule has 0 spiro atoms. The van der Waals surface area contributed by atoms with Gasteiger partial charge in [0.15, 0.2) is 0 Å². The summed E-state index contributed by atoms with van der Waals surface area (Å²) in [7, 11) is -3.93. The van der Waals surface area contributed by atoms with Crippen molar-refractivity contribution in [3.05, 3.63) is 24.3 Å². The molecule has 0 saturated carbocycles. The van der Waals surface area contributed by atoms with Crippen LogP contribution in [0.3, 0.4) is 0 Å². The van der Waals surface area contributed by atoms with E-state index in [2.05, 4.69) is 4.98 Å². The fourth-order valence-corrected chi connectivity index (χ4v) is 4.06. The van der Waals surface area contributed by atoms with Crippen LogP contribution in [0.2, 0.25) is 0 Å². The van der Waals surface area contributed by atoms with Crippen molar-refractivity contribution < 1.29 is 22.7 Å². The first-order valence-electron chi connectivity index (χ1n) is 6.54. The SMILES string of the molecule is CC(C)C1(C(=O)O)CCN(S(=O)(=O)c2cncc(F)c2)C1. The molecular formula is C13H17FN2O4S. The Morgan fingerprint density at radius 2 is 2.14 bits per heavy atom. The number of aliphatic carboxylic acids is 1. The van der Waals surface area contributed by atoms with E-state index in [0.717, 1.165) is 22.8 Å². The Morgan fingerprint density at radius 3 is 2.62 bits per heavy atom. The second-order valence-corrected chi connectivity index (χ2v) is 7.48. The Kier molecular flexibility index (Phi) is 4.03. The third-order valence-corrected chi connectivity index (χ3v) is 5.92. The van der Waals surface area contributed by atoms with Gasteiger partial charge in [0, 0.05) is 19.3 Å². The van der Waals surface area contributed by atoms with Crippen LogP contribution in [0.4, 0.5) is 4.39 Å². The van der Waals surface area contributed by atoms with E-state index >= 15 is 0 Å². The molecule has 0 amide bonds. The molecule has 1 N–H and O–H groups in total. The van der Waals surface area contributed by atoms with Crippen molar-refractivity contribution in [2.24, 2.45) is 11.3 Å². The van der Waals surface area contributed by atoms with Gasteiger partial charge in [-0.3, -0.25) is 9.78 Å². The summed E-state index contributed by atoms with van der Waals surface area (Å²) in [4.78, 5) is 14.8. The molecule has 116 valence electrons. The molecule has 1 fully saturated rings. The fourth-order valence-electron chi connectivity index (χ4n) is 2.58. The van der Waals surface area contributed by atoms with Gasteiger partial charge in [-0.25, -0.2) is 12.8 Å². The van der Waals surface area contributed by atoms with Gasteiger partial charge in [-0.05, 0) is 18.4 Å². The Morgan fingerprint density at radius 1 is 1.48 bits per heavy atom. The number of sulfonamides is 1. The molecule has 1 unspecified atom stereocenters. The van der Waals surface area contributed by atoms with E-state index < -0.39 is 27.2 Å². The van der Waals surface area contributed by atoms with Crippen molar-refractivity contribution in [1.82, 2.24) is 9.29 Å². The average molecular weight is 316 g/mol. The summed E-state index contributed by atoms with van der Waals surface area (Å²) in [6.07, 6.45) is 2.22. The lowest BCUT2D eigenvalue weighted by Crippen LogP contribution is -2.40. The lowest BCUT2D eigenvalue weighted by molar-refractivity contribution is -0.150. The molecule has 2 heterocycles. The first-order chi connectivity index (χ1) is 9.70. The Bertz CT molecular complexity index is 662. The number of carbonyl (C=O) groups is 1. The smallest absolute Gasteiger partial charge is 0.311 e. The molecular weight excluding hydrogens is 299 g/mol. The van der Waals surface area contributed by atoms with E-state index in [9.17, 15) is 22.7 Å². The van der Waals surface area contributed by atoms with E-state index in [0.29, 0.717) is 0 Å². The zero-order valence-corrected chi connectivity index (χ0v) is 12.6. The van der Waals surface area contributed by atoms with E-state index in [1.165, 1.54) is 0 Å². The Balaban J connectivity index is 2.34. The number of carboxylic acids is 1. The van der Waals surface area contributed by atoms with Gasteiger partial charge in [-0.2, -0.15) is 4.31 Å². The van der Waals surface area contributed by atoms with Crippen LogP contribution in [0.15, 0.2) is 23.4 Å². The second kappa shape index (κ2) is 5.34. The van der Waals surface area contributed by atoms with E-state index in [-0.39, 0.29) is 30.3 Å². The lowest BCUT2D eigenvalue weighted by atomic mass is 9.77. The number of hydrogen-bond donors (Lipinski definition) is 1. The predicted molar refractivity (Wildman–Crippen MR) is 72.5 cm³/mol. The molecule has 1 aromatic rings. The van der Waals surface area contributed by atoms with Gasteiger partial charge in [0.25, 0.3) is 0 Å². The molecule has 1 saturated heterocycles. The number of hydrogen-bond acceptors (Lipinski definition) is 4. The summed E-state index contributed by atoms with van der Waals surface area (Å²) in [5, 5.41) is 9.44. The normalized spacial score (nSPS) is 23.6. The Hall–Kier alpha value is -1.54. The summed E-state index contributed by atoms with van der Waals surface area (Å²) < 4.78 is 39.1. The first-order valence-corrected chi connectivity index (χ1v) is 7.98. The topological polar surface area (TPSA) is 87.6 Å². The highest BCUT2D eigenvalue weighted by Gasteiger charge is 2.50. The summed E-state index contributed by atoms with van der Waals surface area (Å²) >= 11 is 0. The largest absolute Gasteiger partial charge is 0.481 e. The summed E-state index contributed by atoms with van der Waals surface area (Å²) in [5.74, 6) is -1.96. The van der Waals surface area contributed by atoms with E-state index in [1.54, 1.807) is 13.8 Å². The average Bonchev–Trinajstić information content (AvgIpc) is 2.85. The molecule has 0 radical (unpaired) electrons. The highest BCUT2D eigenvalue weighted by atomic mass is 32.2. The van der Waals surface area contributed by atoms with Crippen LogP contribution in [0.5, 0.6) is 0 Å². The molecule has 1 aromatic heterocycles. The van der Waals surface area contributed by atoms with Gasteiger partial charge in [-0.1, -0.05) is 13.8 Å². The van der Waals surface area contributed by atoms with Crippen LogP contribution < -0.4 is 0 Å². The van der Waals surface area contributed by atoms with Crippen molar-refractivity contribution in [2.45, 2.75) is 25.2 Å². The van der Waals surface area contributed by atoms with Crippen LogP contribution in [-0.4, -0.2) is 41.9 Å². The third-order valence-electron chi connectivity index (χ3n) is 4.11. The first kappa shape index (κ1) is 15.8. The van der Waals surface area contributed by atoms with Crippen molar-refractivity contribution >= 4 is 16.0 Å². The standard InChI is InChI=1S/C13H17FN2O4S/c1-9(2)13(12(17)18)3-4-16(8-13)21(19,20)11-5-10(14)6-15-7-11/h5-7,9H,3-4,8H2,1-2H3,(H,17,18). The van der Waals surface area contributed by atoms with Gasteiger partial charge < -0.3 is 5.11 Å². The molecule has 1 atom stereocenters. The summed E-state index contributed by atoms with van der Waals surface area (Å²) in [5.41, 5.74) is -1.10. The van der Waals surface area contributed by atoms with Crippen LogP contribution in [0.25, 0.3) is 0 Å². The zero-order chi connectivity index (χ0) is 15.8. The number of aromatic nitrogens is 1. The maximum Gasteiger partial charge on any atom is 0.311 e. The number of rotatable bonds is 4. The van der Waals surface area contributed by atoms with Crippen molar-refractivity contribution in [1.29, 1.82) is 0 Å². The van der Waals surface area contributed by atoms with Crippen molar-refractivity contribution in [2.75, 3.05) is 13.1 Å². The fraction of sp³-hybridized carbons (Fsp3) is 0.538. The highest BCUT2D eigenvalue weighted by molar-refractivity contribution is 7.89. The van der Waals surface area contributed by atoms with Crippen LogP contribution >= 0.6 is 0 Å². The highest BCUT2D eigenvalue weighted by Crippen LogP contribution is 2.40. The maximum atomic E-state index is 13.2. The molecule has 0 bridgehead atoms. The molecule has 8 heteroatoms. The second-order valence-electron chi connectivity index (χ2n) is 5.54. The van der Waals surface area contributed by atoms with Crippen LogP contribution in [-0.2, 0) is 14.8 Å². The van der Waals surface area contributed by atoms with Gasteiger partial charge in [0.05, 0.1) is 11.6 Å². The number of halogens is 1. The van der Waals surface area contributed by atoms with Crippen molar-refractivity contribution in [3.63, 3.8) is 0 Å². The molecule has 2 rings (SSSR count). The van der Waals surface area contributed by atoms with Crippen molar-refractivity contribution in [3.8, 4) is 0 Å². The predicted octanol–water partition coefficient (Wildman–Crippen LogP) is 1.34. The van der Waals surface area contributed by atoms with Crippen LogP contribution in [0.1, 0.15) is 20.3 Å². The molecule has 6 nitrogen and oxygen atoms in total. The number of carboxylic acid groups (broad SMARTS) is 1. The maximum absolute atomic E-state index is 13.2. The minimum Gasteiger partial charge on any atom is -0.481 e. The van der Waals surface area contributed by atoms with Crippen LogP contribution in [0, 0.1) is 17.2 Å². The number of nitrogens with zero attached hydrogens (tertiary/aromatic N) is 2.